The molecule has 3 rings (SSSR count). The number of hydrogen-bond donors (Lipinski definition) is 2. The topological polar surface area (TPSA) is 41.1 Å². The molecule has 2 fully saturated rings. The van der Waals surface area contributed by atoms with Crippen molar-refractivity contribution >= 4 is 23.2 Å². The molecule has 0 heterocycles. The number of carbonyl (C=O) groups excluding carboxylic acids is 1. The zero-order valence-corrected chi connectivity index (χ0v) is 13.2. The third-order valence-corrected chi connectivity index (χ3v) is 5.36. The fourth-order valence-corrected chi connectivity index (χ4v) is 4.27. The SMILES string of the molecule is CC(NCC(=O)Nc1cccc(Cl)c1)C1CC2CCC1C2. The number of anilines is 1. The Morgan fingerprint density at radius 3 is 2.90 bits per heavy atom. The molecule has 2 aliphatic rings. The Morgan fingerprint density at radius 1 is 1.38 bits per heavy atom. The van der Waals surface area contributed by atoms with E-state index in [0.717, 1.165) is 23.4 Å². The summed E-state index contributed by atoms with van der Waals surface area (Å²) >= 11 is 5.91. The molecule has 4 unspecified atom stereocenters. The van der Waals surface area contributed by atoms with Crippen molar-refractivity contribution in [3.8, 4) is 0 Å². The number of nitrogens with one attached hydrogen (secondary N) is 2. The minimum absolute atomic E-state index is 0.00715. The fraction of sp³-hybridized carbons (Fsp3) is 0.588. The average Bonchev–Trinajstić information content (AvgIpc) is 3.07. The first kappa shape index (κ1) is 14.9. The maximum absolute atomic E-state index is 12.0. The average molecular weight is 307 g/mol. The van der Waals surface area contributed by atoms with Gasteiger partial charge in [0.15, 0.2) is 0 Å². The number of carbonyl (C=O) groups is 1. The van der Waals surface area contributed by atoms with Crippen molar-refractivity contribution < 1.29 is 4.79 Å². The quantitative estimate of drug-likeness (QED) is 0.871. The molecule has 0 aliphatic heterocycles. The highest BCUT2D eigenvalue weighted by atomic mass is 35.5. The molecule has 2 bridgehead atoms. The zero-order valence-electron chi connectivity index (χ0n) is 12.4. The molecule has 1 amide bonds. The molecule has 1 aromatic rings. The second-order valence-electron chi connectivity index (χ2n) is 6.57. The molecule has 2 aliphatic carbocycles. The van der Waals surface area contributed by atoms with Crippen LogP contribution in [0, 0.1) is 17.8 Å². The summed E-state index contributed by atoms with van der Waals surface area (Å²) in [6.45, 7) is 2.58. The lowest BCUT2D eigenvalue weighted by molar-refractivity contribution is -0.115. The number of fused-ring (bicyclic) bond motifs is 2. The van der Waals surface area contributed by atoms with Crippen LogP contribution in [0.4, 0.5) is 5.69 Å². The van der Waals surface area contributed by atoms with Crippen molar-refractivity contribution in [3.05, 3.63) is 29.3 Å². The van der Waals surface area contributed by atoms with Gasteiger partial charge in [-0.05, 0) is 62.1 Å². The molecule has 21 heavy (non-hydrogen) atoms. The summed E-state index contributed by atoms with van der Waals surface area (Å²) in [7, 11) is 0. The van der Waals surface area contributed by atoms with E-state index in [0.29, 0.717) is 17.6 Å². The van der Waals surface area contributed by atoms with E-state index >= 15 is 0 Å². The van der Waals surface area contributed by atoms with Crippen molar-refractivity contribution in [3.63, 3.8) is 0 Å². The predicted molar refractivity (Wildman–Crippen MR) is 86.5 cm³/mol. The summed E-state index contributed by atoms with van der Waals surface area (Å²) in [5.41, 5.74) is 0.752. The van der Waals surface area contributed by atoms with Gasteiger partial charge in [0.1, 0.15) is 0 Å². The Hall–Kier alpha value is -1.06. The Bertz CT molecular complexity index is 519. The van der Waals surface area contributed by atoms with Gasteiger partial charge in [-0.25, -0.2) is 0 Å². The van der Waals surface area contributed by atoms with E-state index < -0.39 is 0 Å². The van der Waals surface area contributed by atoms with E-state index in [1.54, 1.807) is 12.1 Å². The summed E-state index contributed by atoms with van der Waals surface area (Å²) in [5.74, 6) is 2.58. The Labute approximate surface area is 131 Å². The number of hydrogen-bond acceptors (Lipinski definition) is 2. The molecular formula is C17H23ClN2O. The first-order chi connectivity index (χ1) is 10.1. The van der Waals surface area contributed by atoms with Gasteiger partial charge < -0.3 is 10.6 Å². The second kappa shape index (κ2) is 6.37. The molecule has 2 saturated carbocycles. The molecule has 0 radical (unpaired) electrons. The maximum atomic E-state index is 12.0. The molecule has 2 N–H and O–H groups in total. The smallest absolute Gasteiger partial charge is 0.238 e. The van der Waals surface area contributed by atoms with E-state index in [1.807, 2.05) is 12.1 Å². The summed E-state index contributed by atoms with van der Waals surface area (Å²) in [5, 5.41) is 6.91. The maximum Gasteiger partial charge on any atom is 0.238 e. The molecular weight excluding hydrogens is 284 g/mol. The van der Waals surface area contributed by atoms with Crippen LogP contribution in [-0.2, 0) is 4.79 Å². The zero-order chi connectivity index (χ0) is 14.8. The van der Waals surface area contributed by atoms with Crippen molar-refractivity contribution in [1.82, 2.24) is 5.32 Å². The monoisotopic (exact) mass is 306 g/mol. The van der Waals surface area contributed by atoms with E-state index in [9.17, 15) is 4.79 Å². The van der Waals surface area contributed by atoms with Crippen LogP contribution in [0.2, 0.25) is 5.02 Å². The summed E-state index contributed by atoms with van der Waals surface area (Å²) in [6, 6.07) is 7.67. The predicted octanol–water partition coefficient (Wildman–Crippen LogP) is 3.69. The second-order valence-corrected chi connectivity index (χ2v) is 7.00. The first-order valence-electron chi connectivity index (χ1n) is 7.90. The summed E-state index contributed by atoms with van der Waals surface area (Å²) in [4.78, 5) is 12.0. The Balaban J connectivity index is 1.45. The largest absolute Gasteiger partial charge is 0.325 e. The fourth-order valence-electron chi connectivity index (χ4n) is 4.08. The lowest BCUT2D eigenvalue weighted by Crippen LogP contribution is -2.40. The van der Waals surface area contributed by atoms with Crippen LogP contribution in [-0.4, -0.2) is 18.5 Å². The third-order valence-electron chi connectivity index (χ3n) is 5.13. The number of halogens is 1. The highest BCUT2D eigenvalue weighted by molar-refractivity contribution is 6.30. The number of benzene rings is 1. The van der Waals surface area contributed by atoms with E-state index in [2.05, 4.69) is 17.6 Å². The van der Waals surface area contributed by atoms with Gasteiger partial charge in [0, 0.05) is 16.8 Å². The molecule has 1 aromatic carbocycles. The molecule has 0 spiro atoms. The minimum Gasteiger partial charge on any atom is -0.325 e. The van der Waals surface area contributed by atoms with Crippen LogP contribution in [0.15, 0.2) is 24.3 Å². The number of amides is 1. The van der Waals surface area contributed by atoms with Crippen molar-refractivity contribution in [1.29, 1.82) is 0 Å². The lowest BCUT2D eigenvalue weighted by Gasteiger charge is -2.28. The van der Waals surface area contributed by atoms with Crippen molar-refractivity contribution in [2.24, 2.45) is 17.8 Å². The van der Waals surface area contributed by atoms with Gasteiger partial charge in [-0.1, -0.05) is 24.1 Å². The molecule has 114 valence electrons. The van der Waals surface area contributed by atoms with Crippen LogP contribution in [0.5, 0.6) is 0 Å². The van der Waals surface area contributed by atoms with E-state index in [1.165, 1.54) is 25.7 Å². The summed E-state index contributed by atoms with van der Waals surface area (Å²) < 4.78 is 0. The molecule has 4 heteroatoms. The standard InChI is InChI=1S/C17H23ClN2O/c1-11(16-8-12-5-6-13(16)7-12)19-10-17(21)20-15-4-2-3-14(18)9-15/h2-4,9,11-13,16,19H,5-8,10H2,1H3,(H,20,21). The van der Waals surface area contributed by atoms with Crippen LogP contribution in [0.3, 0.4) is 0 Å². The Kier molecular flexibility index (Phi) is 4.51. The normalized spacial score (nSPS) is 28.6. The molecule has 4 atom stereocenters. The molecule has 3 nitrogen and oxygen atoms in total. The first-order valence-corrected chi connectivity index (χ1v) is 8.28. The van der Waals surface area contributed by atoms with E-state index in [4.69, 9.17) is 11.6 Å². The summed E-state index contributed by atoms with van der Waals surface area (Å²) in [6.07, 6.45) is 5.55. The third kappa shape index (κ3) is 3.58. The van der Waals surface area contributed by atoms with Crippen LogP contribution < -0.4 is 10.6 Å². The molecule has 0 aromatic heterocycles. The van der Waals surface area contributed by atoms with Gasteiger partial charge in [0.2, 0.25) is 5.91 Å². The molecule has 0 saturated heterocycles. The Morgan fingerprint density at radius 2 is 2.24 bits per heavy atom. The highest BCUT2D eigenvalue weighted by Gasteiger charge is 2.41. The lowest BCUT2D eigenvalue weighted by atomic mass is 9.84. The van der Waals surface area contributed by atoms with Gasteiger partial charge in [0.05, 0.1) is 6.54 Å². The number of rotatable bonds is 5. The highest BCUT2D eigenvalue weighted by Crippen LogP contribution is 2.49. The van der Waals surface area contributed by atoms with Crippen LogP contribution in [0.1, 0.15) is 32.6 Å². The van der Waals surface area contributed by atoms with Gasteiger partial charge >= 0.3 is 0 Å². The van der Waals surface area contributed by atoms with Crippen LogP contribution >= 0.6 is 11.6 Å². The van der Waals surface area contributed by atoms with E-state index in [-0.39, 0.29) is 5.91 Å². The van der Waals surface area contributed by atoms with Crippen molar-refractivity contribution in [2.45, 2.75) is 38.6 Å². The van der Waals surface area contributed by atoms with Gasteiger partial charge in [-0.3, -0.25) is 4.79 Å². The van der Waals surface area contributed by atoms with Gasteiger partial charge in [-0.2, -0.15) is 0 Å². The van der Waals surface area contributed by atoms with Gasteiger partial charge in [-0.15, -0.1) is 0 Å². The van der Waals surface area contributed by atoms with Crippen molar-refractivity contribution in [2.75, 3.05) is 11.9 Å². The minimum atomic E-state index is -0.00715. The van der Waals surface area contributed by atoms with Crippen LogP contribution in [0.25, 0.3) is 0 Å². The van der Waals surface area contributed by atoms with Gasteiger partial charge in [0.25, 0.3) is 0 Å².